The molecule has 0 aliphatic rings. The lowest BCUT2D eigenvalue weighted by molar-refractivity contribution is 0.318. The largest absolute Gasteiger partial charge is 0.455 e. The SMILES string of the molecule is N/C(=N\O)c1ccccc1Oc1ccc(F)cc1Cl. The number of halogens is 2. The highest BCUT2D eigenvalue weighted by molar-refractivity contribution is 6.32. The molecule has 0 aromatic heterocycles. The Morgan fingerprint density at radius 2 is 1.95 bits per heavy atom. The van der Waals surface area contributed by atoms with Crippen molar-refractivity contribution in [2.24, 2.45) is 10.9 Å². The molecule has 0 spiro atoms. The molecule has 19 heavy (non-hydrogen) atoms. The van der Waals surface area contributed by atoms with Crippen molar-refractivity contribution in [2.45, 2.75) is 0 Å². The quantitative estimate of drug-likeness (QED) is 0.392. The maximum absolute atomic E-state index is 12.9. The Labute approximate surface area is 113 Å². The molecule has 3 N–H and O–H groups in total. The second kappa shape index (κ2) is 5.58. The molecular formula is C13H10ClFN2O2. The number of benzene rings is 2. The third-order valence-corrected chi connectivity index (χ3v) is 2.68. The Kier molecular flexibility index (Phi) is 3.87. The monoisotopic (exact) mass is 280 g/mol. The fourth-order valence-electron chi connectivity index (χ4n) is 1.50. The maximum atomic E-state index is 12.9. The topological polar surface area (TPSA) is 67.8 Å². The van der Waals surface area contributed by atoms with Gasteiger partial charge in [0.2, 0.25) is 0 Å². The van der Waals surface area contributed by atoms with Crippen molar-refractivity contribution < 1.29 is 14.3 Å². The minimum atomic E-state index is -0.456. The molecule has 2 aromatic carbocycles. The molecule has 4 nitrogen and oxygen atoms in total. The van der Waals surface area contributed by atoms with Crippen molar-refractivity contribution in [3.8, 4) is 11.5 Å². The first-order valence-electron chi connectivity index (χ1n) is 5.31. The molecule has 0 aliphatic heterocycles. The van der Waals surface area contributed by atoms with Gasteiger partial charge in [-0.3, -0.25) is 0 Å². The zero-order chi connectivity index (χ0) is 13.8. The van der Waals surface area contributed by atoms with E-state index in [-0.39, 0.29) is 16.6 Å². The highest BCUT2D eigenvalue weighted by atomic mass is 35.5. The lowest BCUT2D eigenvalue weighted by Gasteiger charge is -2.11. The number of nitrogens with zero attached hydrogens (tertiary/aromatic N) is 1. The van der Waals surface area contributed by atoms with E-state index in [4.69, 9.17) is 27.3 Å². The van der Waals surface area contributed by atoms with Crippen molar-refractivity contribution in [2.75, 3.05) is 0 Å². The molecule has 2 aromatic rings. The van der Waals surface area contributed by atoms with Gasteiger partial charge in [0, 0.05) is 0 Å². The standard InChI is InChI=1S/C13H10ClFN2O2/c14-10-7-8(15)5-6-12(10)19-11-4-2-1-3-9(11)13(16)17-18/h1-7,18H,(H2,16,17). The van der Waals surface area contributed by atoms with Crippen LogP contribution >= 0.6 is 11.6 Å². The highest BCUT2D eigenvalue weighted by Gasteiger charge is 2.10. The van der Waals surface area contributed by atoms with Gasteiger partial charge in [0.15, 0.2) is 5.84 Å². The predicted octanol–water partition coefficient (Wildman–Crippen LogP) is 3.37. The van der Waals surface area contributed by atoms with Gasteiger partial charge in [-0.15, -0.1) is 0 Å². The fourth-order valence-corrected chi connectivity index (χ4v) is 1.70. The van der Waals surface area contributed by atoms with Gasteiger partial charge in [0.05, 0.1) is 10.6 Å². The molecular weight excluding hydrogens is 271 g/mol. The number of oxime groups is 1. The van der Waals surface area contributed by atoms with Gasteiger partial charge in [0.25, 0.3) is 0 Å². The van der Waals surface area contributed by atoms with Gasteiger partial charge >= 0.3 is 0 Å². The second-order valence-corrected chi connectivity index (χ2v) is 4.07. The Bertz CT molecular complexity index is 632. The van der Waals surface area contributed by atoms with Crippen molar-refractivity contribution in [3.63, 3.8) is 0 Å². The predicted molar refractivity (Wildman–Crippen MR) is 70.4 cm³/mol. The van der Waals surface area contributed by atoms with E-state index >= 15 is 0 Å². The molecule has 0 atom stereocenters. The van der Waals surface area contributed by atoms with Gasteiger partial charge in [0.1, 0.15) is 17.3 Å². The smallest absolute Gasteiger partial charge is 0.173 e. The summed E-state index contributed by atoms with van der Waals surface area (Å²) in [6, 6.07) is 10.5. The first kappa shape index (κ1) is 13.2. The first-order valence-corrected chi connectivity index (χ1v) is 5.69. The second-order valence-electron chi connectivity index (χ2n) is 3.66. The summed E-state index contributed by atoms with van der Waals surface area (Å²) in [5.41, 5.74) is 5.95. The van der Waals surface area contributed by atoms with Gasteiger partial charge < -0.3 is 15.7 Å². The van der Waals surface area contributed by atoms with E-state index in [9.17, 15) is 4.39 Å². The van der Waals surface area contributed by atoms with E-state index in [0.29, 0.717) is 11.3 Å². The van der Waals surface area contributed by atoms with Crippen LogP contribution in [0.4, 0.5) is 4.39 Å². The number of hydrogen-bond acceptors (Lipinski definition) is 3. The van der Waals surface area contributed by atoms with Crippen LogP contribution in [0.3, 0.4) is 0 Å². The molecule has 0 unspecified atom stereocenters. The van der Waals surface area contributed by atoms with E-state index in [1.165, 1.54) is 12.1 Å². The van der Waals surface area contributed by atoms with E-state index in [0.717, 1.165) is 6.07 Å². The summed E-state index contributed by atoms with van der Waals surface area (Å²) in [5, 5.41) is 11.8. The molecule has 0 amide bonds. The number of hydrogen-bond donors (Lipinski definition) is 2. The Morgan fingerprint density at radius 3 is 2.63 bits per heavy atom. The van der Waals surface area contributed by atoms with E-state index in [1.807, 2.05) is 0 Å². The van der Waals surface area contributed by atoms with Gasteiger partial charge in [-0.25, -0.2) is 4.39 Å². The van der Waals surface area contributed by atoms with Gasteiger partial charge in [-0.05, 0) is 30.3 Å². The maximum Gasteiger partial charge on any atom is 0.173 e. The average molecular weight is 281 g/mol. The zero-order valence-electron chi connectivity index (χ0n) is 9.68. The van der Waals surface area contributed by atoms with Gasteiger partial charge in [-0.2, -0.15) is 0 Å². The number of nitrogens with two attached hydrogens (primary N) is 1. The number of ether oxygens (including phenoxy) is 1. The molecule has 98 valence electrons. The van der Waals surface area contributed by atoms with Crippen LogP contribution < -0.4 is 10.5 Å². The minimum Gasteiger partial charge on any atom is -0.455 e. The minimum absolute atomic E-state index is 0.0890. The molecule has 0 radical (unpaired) electrons. The van der Waals surface area contributed by atoms with Crippen LogP contribution in [0.1, 0.15) is 5.56 Å². The average Bonchev–Trinajstić information content (AvgIpc) is 2.41. The molecule has 6 heteroatoms. The summed E-state index contributed by atoms with van der Waals surface area (Å²) in [6.45, 7) is 0. The van der Waals surface area contributed by atoms with Crippen LogP contribution in [0.25, 0.3) is 0 Å². The number of amidine groups is 1. The van der Waals surface area contributed by atoms with E-state index < -0.39 is 5.82 Å². The van der Waals surface area contributed by atoms with Crippen LogP contribution in [0.2, 0.25) is 5.02 Å². The molecule has 2 rings (SSSR count). The van der Waals surface area contributed by atoms with Crippen LogP contribution in [0.15, 0.2) is 47.6 Å². The number of para-hydroxylation sites is 1. The van der Waals surface area contributed by atoms with E-state index in [1.54, 1.807) is 24.3 Å². The number of rotatable bonds is 3. The Hall–Kier alpha value is -2.27. The fraction of sp³-hybridized carbons (Fsp3) is 0. The third-order valence-electron chi connectivity index (χ3n) is 2.38. The summed E-state index contributed by atoms with van der Waals surface area (Å²) >= 11 is 5.87. The molecule has 0 fully saturated rings. The van der Waals surface area contributed by atoms with E-state index in [2.05, 4.69) is 5.16 Å². The molecule has 0 saturated carbocycles. The highest BCUT2D eigenvalue weighted by Crippen LogP contribution is 2.31. The van der Waals surface area contributed by atoms with Crippen LogP contribution in [0.5, 0.6) is 11.5 Å². The Morgan fingerprint density at radius 1 is 1.21 bits per heavy atom. The third kappa shape index (κ3) is 2.95. The van der Waals surface area contributed by atoms with Crippen molar-refractivity contribution in [3.05, 3.63) is 58.9 Å². The molecule has 0 aliphatic carbocycles. The van der Waals surface area contributed by atoms with Crippen LogP contribution in [0, 0.1) is 5.82 Å². The summed E-state index contributed by atoms with van der Waals surface area (Å²) in [4.78, 5) is 0. The van der Waals surface area contributed by atoms with Crippen molar-refractivity contribution in [1.29, 1.82) is 0 Å². The molecule has 0 heterocycles. The first-order chi connectivity index (χ1) is 9.11. The molecule has 0 bridgehead atoms. The lowest BCUT2D eigenvalue weighted by Crippen LogP contribution is -2.14. The van der Waals surface area contributed by atoms with Crippen LogP contribution in [-0.4, -0.2) is 11.0 Å². The summed E-state index contributed by atoms with van der Waals surface area (Å²) < 4.78 is 18.5. The summed E-state index contributed by atoms with van der Waals surface area (Å²) in [6.07, 6.45) is 0. The molecule has 0 saturated heterocycles. The van der Waals surface area contributed by atoms with Crippen molar-refractivity contribution >= 4 is 17.4 Å². The van der Waals surface area contributed by atoms with Crippen molar-refractivity contribution in [1.82, 2.24) is 0 Å². The Balaban J connectivity index is 2.38. The van der Waals surface area contributed by atoms with Gasteiger partial charge in [-0.1, -0.05) is 28.9 Å². The summed E-state index contributed by atoms with van der Waals surface area (Å²) in [7, 11) is 0. The normalized spacial score (nSPS) is 11.4. The summed E-state index contributed by atoms with van der Waals surface area (Å²) in [5.74, 6) is 0.0865. The lowest BCUT2D eigenvalue weighted by atomic mass is 10.2. The zero-order valence-corrected chi connectivity index (χ0v) is 10.4. The van der Waals surface area contributed by atoms with Crippen LogP contribution in [-0.2, 0) is 0 Å².